The third kappa shape index (κ3) is 4.33. The average Bonchev–Trinajstić information content (AvgIpc) is 3.10. The Bertz CT molecular complexity index is 1130. The van der Waals surface area contributed by atoms with E-state index in [1.807, 2.05) is 24.3 Å². The number of aromatic nitrogens is 1. The minimum Gasteiger partial charge on any atom is -0.452 e. The van der Waals surface area contributed by atoms with E-state index in [1.165, 1.54) is 12.4 Å². The van der Waals surface area contributed by atoms with E-state index in [4.69, 9.17) is 9.47 Å². The van der Waals surface area contributed by atoms with Crippen LogP contribution in [0, 0.1) is 0 Å². The molecule has 4 rings (SSSR count). The summed E-state index contributed by atoms with van der Waals surface area (Å²) in [5.74, 6) is 0.211. The second-order valence-electron chi connectivity index (χ2n) is 6.99. The molecule has 6 heteroatoms. The fourth-order valence-corrected chi connectivity index (χ4v) is 3.41. The van der Waals surface area contributed by atoms with Gasteiger partial charge in [0.05, 0.1) is 11.1 Å². The van der Waals surface area contributed by atoms with Crippen molar-refractivity contribution in [2.24, 2.45) is 0 Å². The minimum absolute atomic E-state index is 0.199. The third-order valence-corrected chi connectivity index (χ3v) is 5.09. The van der Waals surface area contributed by atoms with Gasteiger partial charge in [-0.3, -0.25) is 9.78 Å². The highest BCUT2D eigenvalue weighted by Crippen LogP contribution is 2.35. The maximum atomic E-state index is 12.7. The van der Waals surface area contributed by atoms with Crippen LogP contribution in [0.3, 0.4) is 0 Å². The quantitative estimate of drug-likeness (QED) is 0.329. The maximum Gasteiger partial charge on any atom is 0.343 e. The maximum absolute atomic E-state index is 12.7. The molecule has 1 aromatic heterocycles. The molecule has 0 saturated carbocycles. The Balaban J connectivity index is 1.50. The number of anilines is 1. The van der Waals surface area contributed by atoms with Gasteiger partial charge in [-0.05, 0) is 61.9 Å². The monoisotopic (exact) mass is 414 g/mol. The van der Waals surface area contributed by atoms with Gasteiger partial charge in [0, 0.05) is 37.2 Å². The van der Waals surface area contributed by atoms with Crippen molar-refractivity contribution in [1.82, 2.24) is 4.98 Å². The number of fused-ring (bicyclic) bond motifs is 1. The number of hydrogen-bond acceptors (Lipinski definition) is 6. The van der Waals surface area contributed by atoms with Crippen LogP contribution in [0.15, 0.2) is 72.8 Å². The average molecular weight is 414 g/mol. The summed E-state index contributed by atoms with van der Waals surface area (Å²) in [6, 6.07) is 15.9. The van der Waals surface area contributed by atoms with Crippen molar-refractivity contribution in [1.29, 1.82) is 0 Å². The Morgan fingerprint density at radius 1 is 1.03 bits per heavy atom. The fourth-order valence-electron chi connectivity index (χ4n) is 3.41. The third-order valence-electron chi connectivity index (χ3n) is 5.09. The molecule has 31 heavy (non-hydrogen) atoms. The molecule has 1 aliphatic heterocycles. The molecule has 6 nitrogen and oxygen atoms in total. The van der Waals surface area contributed by atoms with Crippen LogP contribution in [0.5, 0.6) is 11.5 Å². The zero-order chi connectivity index (χ0) is 21.8. The molecule has 2 heterocycles. The topological polar surface area (TPSA) is 68.7 Å². The number of esters is 1. The fraction of sp³-hybridized carbons (Fsp3) is 0.160. The van der Waals surface area contributed by atoms with Crippen molar-refractivity contribution in [2.75, 3.05) is 18.0 Å². The van der Waals surface area contributed by atoms with Gasteiger partial charge in [0.1, 0.15) is 11.5 Å². The Morgan fingerprint density at radius 3 is 2.42 bits per heavy atom. The molecule has 0 amide bonds. The first-order valence-corrected chi connectivity index (χ1v) is 10.1. The molecular formula is C25H22N2O4. The minimum atomic E-state index is -0.504. The smallest absolute Gasteiger partial charge is 0.343 e. The summed E-state index contributed by atoms with van der Waals surface area (Å²) in [4.78, 5) is 31.1. The van der Waals surface area contributed by atoms with Crippen LogP contribution in [0.1, 0.15) is 40.1 Å². The number of ketones is 1. The van der Waals surface area contributed by atoms with Crippen LogP contribution in [-0.2, 0) is 0 Å². The van der Waals surface area contributed by atoms with Gasteiger partial charge in [0.15, 0.2) is 5.76 Å². The first kappa shape index (κ1) is 20.3. The second-order valence-corrected chi connectivity index (χ2v) is 6.99. The number of Topliss-reactive ketones (excluding diaryl/α,β-unsaturated/α-hetero) is 1. The molecule has 0 unspecified atom stereocenters. The molecule has 0 fully saturated rings. The predicted octanol–water partition coefficient (Wildman–Crippen LogP) is 4.76. The lowest BCUT2D eigenvalue weighted by atomic mass is 10.1. The van der Waals surface area contributed by atoms with Crippen LogP contribution >= 0.6 is 0 Å². The highest BCUT2D eigenvalue weighted by Gasteiger charge is 2.28. The summed E-state index contributed by atoms with van der Waals surface area (Å²) in [5.41, 5.74) is 2.84. The number of rotatable bonds is 6. The summed E-state index contributed by atoms with van der Waals surface area (Å²) >= 11 is 0. The van der Waals surface area contributed by atoms with E-state index in [-0.39, 0.29) is 11.5 Å². The number of nitrogens with zero attached hydrogens (tertiary/aromatic N) is 2. The number of pyridine rings is 1. The number of benzene rings is 2. The number of allylic oxidation sites excluding steroid dienone is 1. The van der Waals surface area contributed by atoms with Crippen molar-refractivity contribution in [3.05, 3.63) is 89.4 Å². The van der Waals surface area contributed by atoms with E-state index in [0.29, 0.717) is 22.6 Å². The lowest BCUT2D eigenvalue weighted by molar-refractivity contribution is 0.0734. The first-order chi connectivity index (χ1) is 15.1. The Kier molecular flexibility index (Phi) is 5.80. The predicted molar refractivity (Wildman–Crippen MR) is 119 cm³/mol. The summed E-state index contributed by atoms with van der Waals surface area (Å²) in [6.45, 7) is 6.10. The lowest BCUT2D eigenvalue weighted by Crippen LogP contribution is -2.21. The molecule has 3 aromatic rings. The van der Waals surface area contributed by atoms with Crippen LogP contribution in [-0.4, -0.2) is 29.8 Å². The van der Waals surface area contributed by atoms with Crippen LogP contribution in [0.4, 0.5) is 5.69 Å². The van der Waals surface area contributed by atoms with E-state index in [0.717, 1.165) is 24.3 Å². The normalized spacial score (nSPS) is 13.6. The number of ether oxygens (including phenoxy) is 2. The molecule has 0 N–H and O–H groups in total. The molecule has 0 bridgehead atoms. The summed E-state index contributed by atoms with van der Waals surface area (Å²) in [7, 11) is 0. The van der Waals surface area contributed by atoms with Crippen molar-refractivity contribution in [3.63, 3.8) is 0 Å². The van der Waals surface area contributed by atoms with E-state index < -0.39 is 5.97 Å². The lowest BCUT2D eigenvalue weighted by Gasteiger charge is -2.20. The molecule has 1 aliphatic rings. The van der Waals surface area contributed by atoms with Gasteiger partial charge in [0.25, 0.3) is 0 Å². The van der Waals surface area contributed by atoms with Crippen LogP contribution in [0.25, 0.3) is 6.08 Å². The number of hydrogen-bond donors (Lipinski definition) is 0. The molecule has 0 atom stereocenters. The SMILES string of the molecule is CCN(CC)c1ccc(/C=C2\Oc3cc(OC(=O)c4ccncc4)ccc3C2=O)cc1. The Hall–Kier alpha value is -3.93. The second kappa shape index (κ2) is 8.83. The summed E-state index contributed by atoms with van der Waals surface area (Å²) in [6.07, 6.45) is 4.76. The van der Waals surface area contributed by atoms with E-state index in [9.17, 15) is 9.59 Å². The zero-order valence-electron chi connectivity index (χ0n) is 17.4. The van der Waals surface area contributed by atoms with E-state index in [2.05, 4.69) is 23.7 Å². The molecule has 0 spiro atoms. The summed E-state index contributed by atoms with van der Waals surface area (Å²) < 4.78 is 11.2. The van der Waals surface area contributed by atoms with Crippen LogP contribution in [0.2, 0.25) is 0 Å². The number of carbonyl (C=O) groups is 2. The molecule has 0 radical (unpaired) electrons. The van der Waals surface area contributed by atoms with Crippen molar-refractivity contribution in [2.45, 2.75) is 13.8 Å². The standard InChI is InChI=1S/C25H22N2O4/c1-3-27(4-2)19-7-5-17(6-8-19)15-23-24(28)21-10-9-20(16-22(21)31-23)30-25(29)18-11-13-26-14-12-18/h5-16H,3-4H2,1-2H3/b23-15-. The molecular weight excluding hydrogens is 392 g/mol. The van der Waals surface area contributed by atoms with Crippen molar-refractivity contribution in [3.8, 4) is 11.5 Å². The van der Waals surface area contributed by atoms with Gasteiger partial charge in [-0.15, -0.1) is 0 Å². The molecule has 156 valence electrons. The van der Waals surface area contributed by atoms with Crippen molar-refractivity contribution < 1.29 is 19.1 Å². The van der Waals surface area contributed by atoms with Gasteiger partial charge < -0.3 is 14.4 Å². The van der Waals surface area contributed by atoms with Gasteiger partial charge in [0.2, 0.25) is 5.78 Å². The van der Waals surface area contributed by atoms with Crippen LogP contribution < -0.4 is 14.4 Å². The van der Waals surface area contributed by atoms with Gasteiger partial charge in [-0.2, -0.15) is 0 Å². The highest BCUT2D eigenvalue weighted by atomic mass is 16.5. The largest absolute Gasteiger partial charge is 0.452 e. The zero-order valence-corrected chi connectivity index (χ0v) is 17.4. The van der Waals surface area contributed by atoms with Gasteiger partial charge in [-0.25, -0.2) is 4.79 Å². The molecule has 0 aliphatic carbocycles. The Labute approximate surface area is 180 Å². The molecule has 0 saturated heterocycles. The van der Waals surface area contributed by atoms with E-state index in [1.54, 1.807) is 36.4 Å². The van der Waals surface area contributed by atoms with Gasteiger partial charge >= 0.3 is 5.97 Å². The number of carbonyl (C=O) groups excluding carboxylic acids is 2. The van der Waals surface area contributed by atoms with Crippen molar-refractivity contribution >= 4 is 23.5 Å². The Morgan fingerprint density at radius 2 is 1.74 bits per heavy atom. The van der Waals surface area contributed by atoms with E-state index >= 15 is 0 Å². The molecule has 2 aromatic carbocycles. The van der Waals surface area contributed by atoms with Gasteiger partial charge in [-0.1, -0.05) is 12.1 Å². The highest BCUT2D eigenvalue weighted by molar-refractivity contribution is 6.14. The first-order valence-electron chi connectivity index (χ1n) is 10.1. The summed E-state index contributed by atoms with van der Waals surface area (Å²) in [5, 5.41) is 0.